The quantitative estimate of drug-likeness (QED) is 0.791. The van der Waals surface area contributed by atoms with E-state index in [4.69, 9.17) is 5.73 Å². The molecule has 0 saturated heterocycles. The summed E-state index contributed by atoms with van der Waals surface area (Å²) in [5.74, 6) is 0.647. The van der Waals surface area contributed by atoms with E-state index in [1.165, 1.54) is 0 Å². The van der Waals surface area contributed by atoms with Crippen molar-refractivity contribution in [3.63, 3.8) is 0 Å². The topological polar surface area (TPSA) is 43.1 Å². The van der Waals surface area contributed by atoms with E-state index >= 15 is 0 Å². The zero-order chi connectivity index (χ0) is 12.8. The standard InChI is InChI=1S/C15H21NO/c1-11(2)5-4-6-13-7-12(3)8-14(9-13)15(17)10-16/h4,6-9,11H,5,10,16H2,1-3H3/b6-4-. The molecule has 1 rings (SSSR count). The summed E-state index contributed by atoms with van der Waals surface area (Å²) >= 11 is 0. The van der Waals surface area contributed by atoms with Gasteiger partial charge in [0.15, 0.2) is 5.78 Å². The Morgan fingerprint density at radius 2 is 2.06 bits per heavy atom. The highest BCUT2D eigenvalue weighted by molar-refractivity contribution is 5.98. The molecule has 0 aliphatic heterocycles. The van der Waals surface area contributed by atoms with Gasteiger partial charge in [-0.1, -0.05) is 32.1 Å². The van der Waals surface area contributed by atoms with E-state index < -0.39 is 0 Å². The van der Waals surface area contributed by atoms with Crippen molar-refractivity contribution in [2.45, 2.75) is 27.2 Å². The summed E-state index contributed by atoms with van der Waals surface area (Å²) < 4.78 is 0. The summed E-state index contributed by atoms with van der Waals surface area (Å²) in [7, 11) is 0. The van der Waals surface area contributed by atoms with E-state index in [1.807, 2.05) is 19.1 Å². The highest BCUT2D eigenvalue weighted by Gasteiger charge is 2.04. The van der Waals surface area contributed by atoms with Crippen LogP contribution in [-0.4, -0.2) is 12.3 Å². The Labute approximate surface area is 104 Å². The van der Waals surface area contributed by atoms with Crippen molar-refractivity contribution in [2.24, 2.45) is 11.7 Å². The minimum Gasteiger partial charge on any atom is -0.324 e. The van der Waals surface area contributed by atoms with Crippen molar-refractivity contribution in [2.75, 3.05) is 6.54 Å². The SMILES string of the molecule is Cc1cc(/C=C\CC(C)C)cc(C(=O)CN)c1. The molecular weight excluding hydrogens is 210 g/mol. The first-order valence-corrected chi connectivity index (χ1v) is 6.04. The Morgan fingerprint density at radius 3 is 2.65 bits per heavy atom. The van der Waals surface area contributed by atoms with E-state index in [9.17, 15) is 4.79 Å². The summed E-state index contributed by atoms with van der Waals surface area (Å²) in [6.07, 6.45) is 5.27. The monoisotopic (exact) mass is 231 g/mol. The molecule has 0 spiro atoms. The first-order valence-electron chi connectivity index (χ1n) is 6.04. The minimum atomic E-state index is -0.00721. The molecule has 0 atom stereocenters. The minimum absolute atomic E-state index is 0.00721. The third-order valence-corrected chi connectivity index (χ3v) is 2.52. The van der Waals surface area contributed by atoms with E-state index in [0.29, 0.717) is 11.5 Å². The van der Waals surface area contributed by atoms with E-state index in [2.05, 4.69) is 32.1 Å². The van der Waals surface area contributed by atoms with Crippen LogP contribution in [-0.2, 0) is 0 Å². The van der Waals surface area contributed by atoms with Gasteiger partial charge < -0.3 is 5.73 Å². The number of ketones is 1. The van der Waals surface area contributed by atoms with Crippen molar-refractivity contribution in [3.05, 3.63) is 41.0 Å². The molecule has 1 aromatic carbocycles. The van der Waals surface area contributed by atoms with Gasteiger partial charge in [0.05, 0.1) is 6.54 Å². The fourth-order valence-electron chi connectivity index (χ4n) is 1.66. The van der Waals surface area contributed by atoms with Gasteiger partial charge in [0, 0.05) is 5.56 Å². The van der Waals surface area contributed by atoms with Gasteiger partial charge in [0.25, 0.3) is 0 Å². The number of Topliss-reactive ketones (excluding diaryl/α,β-unsaturated/α-hetero) is 1. The lowest BCUT2D eigenvalue weighted by atomic mass is 10.0. The van der Waals surface area contributed by atoms with Crippen LogP contribution in [0.2, 0.25) is 0 Å². The van der Waals surface area contributed by atoms with Crippen LogP contribution in [0, 0.1) is 12.8 Å². The Kier molecular flexibility index (Phi) is 5.11. The Balaban J connectivity index is 2.89. The number of benzene rings is 1. The molecule has 2 nitrogen and oxygen atoms in total. The predicted molar refractivity (Wildman–Crippen MR) is 73.1 cm³/mol. The molecule has 2 heteroatoms. The molecule has 0 heterocycles. The molecule has 0 unspecified atom stereocenters. The van der Waals surface area contributed by atoms with E-state index in [1.54, 1.807) is 0 Å². The van der Waals surface area contributed by atoms with Crippen molar-refractivity contribution in [1.82, 2.24) is 0 Å². The maximum atomic E-state index is 11.6. The van der Waals surface area contributed by atoms with Gasteiger partial charge in [-0.15, -0.1) is 0 Å². The third-order valence-electron chi connectivity index (χ3n) is 2.52. The first kappa shape index (κ1) is 13.7. The third kappa shape index (κ3) is 4.53. The molecule has 0 saturated carbocycles. The number of allylic oxidation sites excluding steroid dienone is 1. The maximum Gasteiger partial charge on any atom is 0.176 e. The van der Waals surface area contributed by atoms with Crippen LogP contribution in [0.1, 0.15) is 41.8 Å². The average Bonchev–Trinajstić information content (AvgIpc) is 2.26. The maximum absolute atomic E-state index is 11.6. The lowest BCUT2D eigenvalue weighted by Crippen LogP contribution is -2.13. The van der Waals surface area contributed by atoms with Crippen molar-refractivity contribution < 1.29 is 4.79 Å². The number of aryl methyl sites for hydroxylation is 1. The van der Waals surface area contributed by atoms with Gasteiger partial charge in [-0.25, -0.2) is 0 Å². The van der Waals surface area contributed by atoms with Gasteiger partial charge in [-0.2, -0.15) is 0 Å². The van der Waals surface area contributed by atoms with Crippen LogP contribution in [0.25, 0.3) is 6.08 Å². The number of nitrogens with two attached hydrogens (primary N) is 1. The molecule has 2 N–H and O–H groups in total. The summed E-state index contributed by atoms with van der Waals surface area (Å²) in [6.45, 7) is 6.43. The first-order chi connectivity index (χ1) is 8.02. The van der Waals surface area contributed by atoms with Crippen LogP contribution in [0.15, 0.2) is 24.3 Å². The molecule has 0 radical (unpaired) electrons. The van der Waals surface area contributed by atoms with Gasteiger partial charge in [-0.3, -0.25) is 4.79 Å². The Morgan fingerprint density at radius 1 is 1.35 bits per heavy atom. The highest BCUT2D eigenvalue weighted by Crippen LogP contribution is 2.13. The Bertz CT molecular complexity index is 419. The molecule has 0 aliphatic rings. The second kappa shape index (κ2) is 6.36. The number of carbonyl (C=O) groups is 1. The Hall–Kier alpha value is -1.41. The fraction of sp³-hybridized carbons (Fsp3) is 0.400. The lowest BCUT2D eigenvalue weighted by molar-refractivity contribution is 0.100. The van der Waals surface area contributed by atoms with Crippen LogP contribution in [0.4, 0.5) is 0 Å². The van der Waals surface area contributed by atoms with Crippen molar-refractivity contribution in [1.29, 1.82) is 0 Å². The van der Waals surface area contributed by atoms with Gasteiger partial charge >= 0.3 is 0 Å². The van der Waals surface area contributed by atoms with Crippen LogP contribution < -0.4 is 5.73 Å². The molecule has 92 valence electrons. The van der Waals surface area contributed by atoms with Gasteiger partial charge in [0.2, 0.25) is 0 Å². The van der Waals surface area contributed by atoms with Crippen molar-refractivity contribution in [3.8, 4) is 0 Å². The summed E-state index contributed by atoms with van der Waals surface area (Å²) in [6, 6.07) is 5.86. The zero-order valence-electron chi connectivity index (χ0n) is 10.9. The molecule has 17 heavy (non-hydrogen) atoms. The number of hydrogen-bond donors (Lipinski definition) is 1. The van der Waals surface area contributed by atoms with Crippen LogP contribution >= 0.6 is 0 Å². The highest BCUT2D eigenvalue weighted by atomic mass is 16.1. The van der Waals surface area contributed by atoms with Gasteiger partial charge in [0.1, 0.15) is 0 Å². The normalized spacial score (nSPS) is 11.4. The molecular formula is C15H21NO. The molecule has 1 aromatic rings. The summed E-state index contributed by atoms with van der Waals surface area (Å²) in [5.41, 5.74) is 8.24. The van der Waals surface area contributed by atoms with Crippen LogP contribution in [0.3, 0.4) is 0 Å². The molecule has 0 aliphatic carbocycles. The number of hydrogen-bond acceptors (Lipinski definition) is 2. The fourth-order valence-corrected chi connectivity index (χ4v) is 1.66. The number of rotatable bonds is 5. The average molecular weight is 231 g/mol. The molecule has 0 amide bonds. The van der Waals surface area contributed by atoms with E-state index in [-0.39, 0.29) is 12.3 Å². The molecule has 0 aromatic heterocycles. The second-order valence-corrected chi connectivity index (χ2v) is 4.79. The lowest BCUT2D eigenvalue weighted by Gasteiger charge is -2.03. The summed E-state index contributed by atoms with van der Waals surface area (Å²) in [4.78, 5) is 11.6. The van der Waals surface area contributed by atoms with E-state index in [0.717, 1.165) is 17.5 Å². The largest absolute Gasteiger partial charge is 0.324 e. The summed E-state index contributed by atoms with van der Waals surface area (Å²) in [5, 5.41) is 0. The smallest absolute Gasteiger partial charge is 0.176 e. The molecule has 0 bridgehead atoms. The second-order valence-electron chi connectivity index (χ2n) is 4.79. The van der Waals surface area contributed by atoms with Gasteiger partial charge in [-0.05, 0) is 42.5 Å². The van der Waals surface area contributed by atoms with Crippen LogP contribution in [0.5, 0.6) is 0 Å². The number of carbonyl (C=O) groups excluding carboxylic acids is 1. The zero-order valence-corrected chi connectivity index (χ0v) is 10.9. The molecule has 0 fully saturated rings. The predicted octanol–water partition coefficient (Wildman–Crippen LogP) is 3.20. The van der Waals surface area contributed by atoms with Crippen molar-refractivity contribution >= 4 is 11.9 Å².